The van der Waals surface area contributed by atoms with Gasteiger partial charge in [0, 0.05) is 29.8 Å². The molecule has 0 aliphatic rings. The minimum absolute atomic E-state index is 0.0500. The zero-order valence-electron chi connectivity index (χ0n) is 14.8. The highest BCUT2D eigenvalue weighted by Crippen LogP contribution is 2.26. The van der Waals surface area contributed by atoms with Crippen LogP contribution >= 0.6 is 11.3 Å². The maximum absolute atomic E-state index is 12.3. The number of amides is 1. The summed E-state index contributed by atoms with van der Waals surface area (Å²) in [6, 6.07) is 11.3. The molecule has 0 radical (unpaired) electrons. The van der Waals surface area contributed by atoms with E-state index in [1.165, 1.54) is 0 Å². The number of aryl methyl sites for hydroxylation is 1. The summed E-state index contributed by atoms with van der Waals surface area (Å²) in [5, 5.41) is 5.84. The third-order valence-electron chi connectivity index (χ3n) is 3.59. The number of ether oxygens (including phenoxy) is 1. The molecule has 0 fully saturated rings. The second kappa shape index (κ2) is 8.58. The highest BCUT2D eigenvalue weighted by molar-refractivity contribution is 7.13. The Kier molecular flexibility index (Phi) is 5.96. The Hall–Kier alpha value is -2.73. The van der Waals surface area contributed by atoms with E-state index < -0.39 is 0 Å². The number of hydrogen-bond acceptors (Lipinski definition) is 5. The molecule has 1 amide bonds. The number of aromatic nitrogens is 2. The summed E-state index contributed by atoms with van der Waals surface area (Å²) < 4.78 is 5.73. The molecule has 5 nitrogen and oxygen atoms in total. The lowest BCUT2D eigenvalue weighted by atomic mass is 10.2. The van der Waals surface area contributed by atoms with Crippen LogP contribution in [0.4, 0.5) is 5.69 Å². The predicted octanol–water partition coefficient (Wildman–Crippen LogP) is 4.56. The van der Waals surface area contributed by atoms with Crippen LogP contribution in [0.2, 0.25) is 0 Å². The topological polar surface area (TPSA) is 64.1 Å². The first-order valence-electron chi connectivity index (χ1n) is 8.52. The van der Waals surface area contributed by atoms with Crippen LogP contribution in [-0.2, 0) is 11.2 Å². The van der Waals surface area contributed by atoms with Crippen LogP contribution in [-0.4, -0.2) is 22.0 Å². The summed E-state index contributed by atoms with van der Waals surface area (Å²) in [4.78, 5) is 21.0. The summed E-state index contributed by atoms with van der Waals surface area (Å²) in [5.74, 6) is 0.629. The van der Waals surface area contributed by atoms with E-state index in [0.717, 1.165) is 16.3 Å². The molecule has 0 bridgehead atoms. The number of hydrogen-bond donors (Lipinski definition) is 1. The van der Waals surface area contributed by atoms with Gasteiger partial charge in [-0.3, -0.25) is 9.78 Å². The van der Waals surface area contributed by atoms with Crippen LogP contribution in [0.5, 0.6) is 5.75 Å². The minimum atomic E-state index is -0.0549. The van der Waals surface area contributed by atoms with Crippen LogP contribution in [0.15, 0.2) is 54.2 Å². The molecule has 0 spiro atoms. The van der Waals surface area contributed by atoms with Crippen molar-refractivity contribution in [3.05, 3.63) is 59.9 Å². The fourth-order valence-electron chi connectivity index (χ4n) is 2.42. The van der Waals surface area contributed by atoms with Gasteiger partial charge in [-0.25, -0.2) is 4.98 Å². The summed E-state index contributed by atoms with van der Waals surface area (Å²) in [7, 11) is 0. The predicted molar refractivity (Wildman–Crippen MR) is 105 cm³/mol. The zero-order chi connectivity index (χ0) is 18.4. The highest BCUT2D eigenvalue weighted by Gasteiger charge is 2.11. The number of carbonyl (C=O) groups is 1. The Morgan fingerprint density at radius 2 is 2.08 bits per heavy atom. The Labute approximate surface area is 157 Å². The number of anilines is 1. The molecule has 2 heterocycles. The SMILES string of the molecule is CC(C)Oc1ccccc1NC(=O)CCc1csc(-c2cccnc2)n1. The van der Waals surface area contributed by atoms with E-state index in [1.54, 1.807) is 23.7 Å². The molecule has 3 rings (SSSR count). The van der Waals surface area contributed by atoms with Gasteiger partial charge in [-0.2, -0.15) is 0 Å². The van der Waals surface area contributed by atoms with Crippen molar-refractivity contribution in [2.24, 2.45) is 0 Å². The van der Waals surface area contributed by atoms with Crippen molar-refractivity contribution >= 4 is 22.9 Å². The molecule has 2 aromatic heterocycles. The summed E-state index contributed by atoms with van der Waals surface area (Å²) in [6.45, 7) is 3.92. The van der Waals surface area contributed by atoms with E-state index in [2.05, 4.69) is 15.3 Å². The number of rotatable bonds is 7. The van der Waals surface area contributed by atoms with Gasteiger partial charge >= 0.3 is 0 Å². The van der Waals surface area contributed by atoms with Crippen molar-refractivity contribution < 1.29 is 9.53 Å². The summed E-state index contributed by atoms with van der Waals surface area (Å²) in [6.07, 6.45) is 4.54. The number of benzene rings is 1. The molecule has 6 heteroatoms. The molecule has 3 aromatic rings. The van der Waals surface area contributed by atoms with Gasteiger partial charge in [0.1, 0.15) is 10.8 Å². The second-order valence-electron chi connectivity index (χ2n) is 6.10. The smallest absolute Gasteiger partial charge is 0.224 e. The van der Waals surface area contributed by atoms with Crippen molar-refractivity contribution in [2.75, 3.05) is 5.32 Å². The first-order chi connectivity index (χ1) is 12.6. The quantitative estimate of drug-likeness (QED) is 0.665. The van der Waals surface area contributed by atoms with Crippen LogP contribution in [0, 0.1) is 0 Å². The Balaban J connectivity index is 1.58. The number of thiazole rings is 1. The monoisotopic (exact) mass is 367 g/mol. The van der Waals surface area contributed by atoms with Gasteiger partial charge in [-0.05, 0) is 44.5 Å². The van der Waals surface area contributed by atoms with Crippen molar-refractivity contribution in [3.63, 3.8) is 0 Å². The number of nitrogens with one attached hydrogen (secondary N) is 1. The number of para-hydroxylation sites is 2. The molecule has 26 heavy (non-hydrogen) atoms. The van der Waals surface area contributed by atoms with Gasteiger partial charge in [0.15, 0.2) is 0 Å². The Bertz CT molecular complexity index is 862. The van der Waals surface area contributed by atoms with Gasteiger partial charge < -0.3 is 10.1 Å². The fraction of sp³-hybridized carbons (Fsp3) is 0.250. The van der Waals surface area contributed by atoms with Crippen LogP contribution in [0.1, 0.15) is 26.0 Å². The van der Waals surface area contributed by atoms with Gasteiger partial charge in [0.25, 0.3) is 0 Å². The summed E-state index contributed by atoms with van der Waals surface area (Å²) >= 11 is 1.56. The van der Waals surface area contributed by atoms with Crippen molar-refractivity contribution in [2.45, 2.75) is 32.8 Å². The van der Waals surface area contributed by atoms with Crippen LogP contribution in [0.3, 0.4) is 0 Å². The lowest BCUT2D eigenvalue weighted by Gasteiger charge is -2.14. The molecular formula is C20H21N3O2S. The van der Waals surface area contributed by atoms with Crippen LogP contribution in [0.25, 0.3) is 10.6 Å². The minimum Gasteiger partial charge on any atom is -0.489 e. The van der Waals surface area contributed by atoms with Gasteiger partial charge in [0.05, 0.1) is 17.5 Å². The van der Waals surface area contributed by atoms with Crippen molar-refractivity contribution in [1.82, 2.24) is 9.97 Å². The number of nitrogens with zero attached hydrogens (tertiary/aromatic N) is 2. The third-order valence-corrected chi connectivity index (χ3v) is 4.53. The van der Waals surface area contributed by atoms with Gasteiger partial charge in [-0.1, -0.05) is 12.1 Å². The van der Waals surface area contributed by atoms with E-state index in [9.17, 15) is 4.79 Å². The van der Waals surface area contributed by atoms with Gasteiger partial charge in [-0.15, -0.1) is 11.3 Å². The molecule has 1 N–H and O–H groups in total. The lowest BCUT2D eigenvalue weighted by Crippen LogP contribution is -2.14. The first kappa shape index (κ1) is 18.1. The third kappa shape index (κ3) is 4.89. The maximum atomic E-state index is 12.3. The Morgan fingerprint density at radius 3 is 2.85 bits per heavy atom. The molecule has 0 atom stereocenters. The zero-order valence-corrected chi connectivity index (χ0v) is 15.6. The molecule has 0 saturated carbocycles. The van der Waals surface area contributed by atoms with E-state index >= 15 is 0 Å². The molecule has 0 aliphatic heterocycles. The number of carbonyl (C=O) groups excluding carboxylic acids is 1. The molecule has 0 unspecified atom stereocenters. The molecule has 134 valence electrons. The lowest BCUT2D eigenvalue weighted by molar-refractivity contribution is -0.116. The normalized spacial score (nSPS) is 10.7. The van der Waals surface area contributed by atoms with E-state index in [1.807, 2.05) is 55.6 Å². The maximum Gasteiger partial charge on any atom is 0.224 e. The van der Waals surface area contributed by atoms with Crippen molar-refractivity contribution in [3.8, 4) is 16.3 Å². The van der Waals surface area contributed by atoms with Crippen LogP contribution < -0.4 is 10.1 Å². The van der Waals surface area contributed by atoms with Gasteiger partial charge in [0.2, 0.25) is 5.91 Å². The number of pyridine rings is 1. The molecule has 1 aromatic carbocycles. The van der Waals surface area contributed by atoms with E-state index in [-0.39, 0.29) is 12.0 Å². The second-order valence-corrected chi connectivity index (χ2v) is 6.95. The molecule has 0 aliphatic carbocycles. The van der Waals surface area contributed by atoms with Crippen molar-refractivity contribution in [1.29, 1.82) is 0 Å². The Morgan fingerprint density at radius 1 is 1.23 bits per heavy atom. The summed E-state index contributed by atoms with van der Waals surface area (Å²) in [5.41, 5.74) is 2.60. The van der Waals surface area contributed by atoms with E-state index in [4.69, 9.17) is 4.74 Å². The average molecular weight is 367 g/mol. The molecular weight excluding hydrogens is 346 g/mol. The first-order valence-corrected chi connectivity index (χ1v) is 9.40. The molecule has 0 saturated heterocycles. The fourth-order valence-corrected chi connectivity index (χ4v) is 3.27. The standard InChI is InChI=1S/C20H21N3O2S/c1-14(2)25-18-8-4-3-7-17(18)23-19(24)10-9-16-13-26-20(22-16)15-6-5-11-21-12-15/h3-8,11-14H,9-10H2,1-2H3,(H,23,24). The highest BCUT2D eigenvalue weighted by atomic mass is 32.1. The average Bonchev–Trinajstić information content (AvgIpc) is 3.11. The van der Waals surface area contributed by atoms with E-state index in [0.29, 0.717) is 24.3 Å². The largest absolute Gasteiger partial charge is 0.489 e.